The number of hydrogen-bond acceptors (Lipinski definition) is 6. The number of aryl methyl sites for hydroxylation is 2. The van der Waals surface area contributed by atoms with Crippen LogP contribution in [0.25, 0.3) is 0 Å². The van der Waals surface area contributed by atoms with Gasteiger partial charge < -0.3 is 14.6 Å². The molecule has 2 aromatic carbocycles. The second-order valence-corrected chi connectivity index (χ2v) is 5.59. The minimum absolute atomic E-state index is 0.245. The molecule has 25 heavy (non-hydrogen) atoms. The van der Waals surface area contributed by atoms with Crippen molar-refractivity contribution in [3.05, 3.63) is 59.4 Å². The first-order chi connectivity index (χ1) is 12.2. The molecule has 0 bridgehead atoms. The van der Waals surface area contributed by atoms with Crippen molar-refractivity contribution in [2.45, 2.75) is 19.4 Å². The first kappa shape index (κ1) is 16.8. The van der Waals surface area contributed by atoms with Crippen LogP contribution in [-0.4, -0.2) is 39.5 Å². The van der Waals surface area contributed by atoms with Crippen molar-refractivity contribution in [3.8, 4) is 17.2 Å². The molecule has 3 aromatic rings. The lowest BCUT2D eigenvalue weighted by atomic mass is 10.1. The molecule has 0 saturated carbocycles. The van der Waals surface area contributed by atoms with Crippen molar-refractivity contribution in [2.75, 3.05) is 14.2 Å². The lowest BCUT2D eigenvalue weighted by molar-refractivity contribution is 0.389. The van der Waals surface area contributed by atoms with Crippen LogP contribution in [0.1, 0.15) is 17.0 Å². The number of tetrazole rings is 1. The van der Waals surface area contributed by atoms with Crippen molar-refractivity contribution in [1.82, 2.24) is 20.2 Å². The Morgan fingerprint density at radius 1 is 1.04 bits per heavy atom. The number of phenols is 1. The van der Waals surface area contributed by atoms with Crippen LogP contribution < -0.4 is 9.47 Å². The average Bonchev–Trinajstić information content (AvgIpc) is 3.08. The van der Waals surface area contributed by atoms with Crippen molar-refractivity contribution in [2.24, 2.45) is 0 Å². The Bertz CT molecular complexity index is 831. The third kappa shape index (κ3) is 4.06. The van der Waals surface area contributed by atoms with Crippen LogP contribution in [0.2, 0.25) is 0 Å². The second-order valence-electron chi connectivity index (χ2n) is 5.59. The maximum absolute atomic E-state index is 9.37. The monoisotopic (exact) mass is 340 g/mol. The van der Waals surface area contributed by atoms with Gasteiger partial charge in [0.2, 0.25) is 0 Å². The van der Waals surface area contributed by atoms with Crippen LogP contribution in [-0.2, 0) is 19.4 Å². The summed E-state index contributed by atoms with van der Waals surface area (Å²) in [5.41, 5.74) is 2.10. The van der Waals surface area contributed by atoms with Gasteiger partial charge in [0.05, 0.1) is 14.2 Å². The molecule has 1 aromatic heterocycles. The van der Waals surface area contributed by atoms with Gasteiger partial charge in [0.1, 0.15) is 17.2 Å². The normalized spacial score (nSPS) is 10.6. The number of ether oxygens (including phenoxy) is 2. The average molecular weight is 340 g/mol. The highest BCUT2D eigenvalue weighted by molar-refractivity contribution is 5.40. The lowest BCUT2D eigenvalue weighted by Gasteiger charge is -2.11. The number of phenolic OH excluding ortho intramolecular Hbond substituents is 1. The van der Waals surface area contributed by atoms with E-state index in [0.29, 0.717) is 13.0 Å². The molecule has 0 aliphatic carbocycles. The molecule has 7 heteroatoms. The summed E-state index contributed by atoms with van der Waals surface area (Å²) < 4.78 is 12.4. The van der Waals surface area contributed by atoms with Gasteiger partial charge in [-0.1, -0.05) is 18.2 Å². The summed E-state index contributed by atoms with van der Waals surface area (Å²) in [7, 11) is 3.27. The number of hydrogen-bond donors (Lipinski definition) is 1. The van der Waals surface area contributed by atoms with Gasteiger partial charge in [-0.3, -0.25) is 0 Å². The number of benzene rings is 2. The van der Waals surface area contributed by atoms with Crippen molar-refractivity contribution in [1.29, 1.82) is 0 Å². The first-order valence-corrected chi connectivity index (χ1v) is 7.93. The van der Waals surface area contributed by atoms with E-state index < -0.39 is 0 Å². The lowest BCUT2D eigenvalue weighted by Crippen LogP contribution is -2.09. The van der Waals surface area contributed by atoms with E-state index in [4.69, 9.17) is 9.47 Å². The van der Waals surface area contributed by atoms with Crippen LogP contribution in [0.15, 0.2) is 42.5 Å². The van der Waals surface area contributed by atoms with E-state index in [1.807, 2.05) is 30.3 Å². The zero-order valence-electron chi connectivity index (χ0n) is 14.2. The number of methoxy groups -OCH3 is 2. The zero-order valence-corrected chi connectivity index (χ0v) is 14.2. The molecule has 7 nitrogen and oxygen atoms in total. The molecule has 0 saturated heterocycles. The molecule has 0 atom stereocenters. The van der Waals surface area contributed by atoms with Crippen molar-refractivity contribution >= 4 is 0 Å². The van der Waals surface area contributed by atoms with Crippen LogP contribution >= 0.6 is 0 Å². The smallest absolute Gasteiger partial charge is 0.155 e. The summed E-state index contributed by atoms with van der Waals surface area (Å²) in [5.74, 6) is 2.57. The zero-order chi connectivity index (χ0) is 17.6. The standard InChI is InChI=1S/C18H20N4O3/c1-24-16-8-5-14(17(12-16)25-2)9-10-22-18(19-20-21-22)11-13-3-6-15(23)7-4-13/h3-8,12,23H,9-11H2,1-2H3. The van der Waals surface area contributed by atoms with E-state index in [0.717, 1.165) is 34.9 Å². The van der Waals surface area contributed by atoms with Gasteiger partial charge >= 0.3 is 0 Å². The summed E-state index contributed by atoms with van der Waals surface area (Å²) in [5, 5.41) is 21.3. The Balaban J connectivity index is 1.70. The second kappa shape index (κ2) is 7.65. The summed E-state index contributed by atoms with van der Waals surface area (Å²) >= 11 is 0. The van der Waals surface area contributed by atoms with E-state index in [1.54, 1.807) is 31.0 Å². The summed E-state index contributed by atoms with van der Waals surface area (Å²) in [6, 6.07) is 12.8. The highest BCUT2D eigenvalue weighted by atomic mass is 16.5. The van der Waals surface area contributed by atoms with Gasteiger partial charge in [-0.05, 0) is 46.2 Å². The van der Waals surface area contributed by atoms with Gasteiger partial charge in [-0.25, -0.2) is 4.68 Å². The van der Waals surface area contributed by atoms with E-state index in [1.165, 1.54) is 0 Å². The molecule has 0 amide bonds. The quantitative estimate of drug-likeness (QED) is 0.710. The predicted octanol–water partition coefficient (Wildman–Crippen LogP) is 2.23. The highest BCUT2D eigenvalue weighted by Gasteiger charge is 2.10. The molecule has 130 valence electrons. The Morgan fingerprint density at radius 2 is 1.84 bits per heavy atom. The fourth-order valence-electron chi connectivity index (χ4n) is 2.60. The van der Waals surface area contributed by atoms with Crippen LogP contribution in [0.3, 0.4) is 0 Å². The Kier molecular flexibility index (Phi) is 5.13. The van der Waals surface area contributed by atoms with Gasteiger partial charge in [0.25, 0.3) is 0 Å². The van der Waals surface area contributed by atoms with Crippen LogP contribution in [0, 0.1) is 0 Å². The molecular weight excluding hydrogens is 320 g/mol. The summed E-state index contributed by atoms with van der Waals surface area (Å²) in [4.78, 5) is 0. The number of aromatic nitrogens is 4. The fraction of sp³-hybridized carbons (Fsp3) is 0.278. The van der Waals surface area contributed by atoms with Gasteiger partial charge in [0.15, 0.2) is 5.82 Å². The van der Waals surface area contributed by atoms with Crippen molar-refractivity contribution in [3.63, 3.8) is 0 Å². The van der Waals surface area contributed by atoms with E-state index >= 15 is 0 Å². The Labute approximate surface area is 145 Å². The van der Waals surface area contributed by atoms with E-state index in [-0.39, 0.29) is 5.75 Å². The maximum atomic E-state index is 9.37. The minimum Gasteiger partial charge on any atom is -0.508 e. The largest absolute Gasteiger partial charge is 0.508 e. The van der Waals surface area contributed by atoms with E-state index in [9.17, 15) is 5.11 Å². The van der Waals surface area contributed by atoms with Gasteiger partial charge in [-0.2, -0.15) is 0 Å². The summed E-state index contributed by atoms with van der Waals surface area (Å²) in [6.07, 6.45) is 1.34. The Hall–Kier alpha value is -3.09. The number of aromatic hydroxyl groups is 1. The fourth-order valence-corrected chi connectivity index (χ4v) is 2.60. The van der Waals surface area contributed by atoms with E-state index in [2.05, 4.69) is 15.5 Å². The third-order valence-corrected chi connectivity index (χ3v) is 3.99. The first-order valence-electron chi connectivity index (χ1n) is 7.93. The molecule has 0 radical (unpaired) electrons. The van der Waals surface area contributed by atoms with Crippen LogP contribution in [0.5, 0.6) is 17.2 Å². The van der Waals surface area contributed by atoms with Gasteiger partial charge in [-0.15, -0.1) is 5.10 Å². The van der Waals surface area contributed by atoms with Gasteiger partial charge in [0, 0.05) is 19.0 Å². The summed E-state index contributed by atoms with van der Waals surface area (Å²) in [6.45, 7) is 0.642. The molecule has 0 fully saturated rings. The molecule has 1 N–H and O–H groups in total. The molecule has 3 rings (SSSR count). The SMILES string of the molecule is COc1ccc(CCn2nnnc2Cc2ccc(O)cc2)c(OC)c1. The maximum Gasteiger partial charge on any atom is 0.155 e. The molecule has 0 spiro atoms. The predicted molar refractivity (Wildman–Crippen MR) is 92.0 cm³/mol. The molecule has 1 heterocycles. The number of nitrogens with zero attached hydrogens (tertiary/aromatic N) is 4. The molecule has 0 aliphatic heterocycles. The number of rotatable bonds is 7. The molecule has 0 aliphatic rings. The minimum atomic E-state index is 0.245. The third-order valence-electron chi connectivity index (χ3n) is 3.99. The van der Waals surface area contributed by atoms with Crippen LogP contribution in [0.4, 0.5) is 0 Å². The Morgan fingerprint density at radius 3 is 2.56 bits per heavy atom. The molecule has 0 unspecified atom stereocenters. The topological polar surface area (TPSA) is 82.3 Å². The molecular formula is C18H20N4O3. The highest BCUT2D eigenvalue weighted by Crippen LogP contribution is 2.25. The van der Waals surface area contributed by atoms with Crippen molar-refractivity contribution < 1.29 is 14.6 Å².